The van der Waals surface area contributed by atoms with Crippen molar-refractivity contribution in [2.75, 3.05) is 13.1 Å². The first-order valence-corrected chi connectivity index (χ1v) is 9.86. The van der Waals surface area contributed by atoms with E-state index in [1.54, 1.807) is 0 Å². The summed E-state index contributed by atoms with van der Waals surface area (Å²) >= 11 is 0. The summed E-state index contributed by atoms with van der Waals surface area (Å²) in [6.45, 7) is 2.17. The largest absolute Gasteiger partial charge is 0.489 e. The number of aliphatic carboxylic acids is 1. The van der Waals surface area contributed by atoms with Gasteiger partial charge in [-0.25, -0.2) is 9.59 Å². The minimum Gasteiger partial charge on any atom is -0.489 e. The van der Waals surface area contributed by atoms with E-state index in [0.717, 1.165) is 37.1 Å². The molecule has 4 N–H and O–H groups in total. The molecule has 0 radical (unpaired) electrons. The Bertz CT molecular complexity index is 789. The van der Waals surface area contributed by atoms with E-state index in [1.807, 2.05) is 54.6 Å². The number of hydrogen-bond acceptors (Lipinski definition) is 4. The van der Waals surface area contributed by atoms with Gasteiger partial charge in [-0.05, 0) is 49.2 Å². The molecule has 7 heteroatoms. The molecule has 2 aromatic carbocycles. The minimum absolute atomic E-state index is 0.0757. The number of amides is 2. The molecule has 1 atom stereocenters. The second-order valence-electron chi connectivity index (χ2n) is 7.16. The highest BCUT2D eigenvalue weighted by atomic mass is 16.5. The van der Waals surface area contributed by atoms with Crippen LogP contribution < -0.4 is 20.7 Å². The molecule has 3 rings (SSSR count). The lowest BCUT2D eigenvalue weighted by Gasteiger charge is -2.24. The number of ether oxygens (including phenoxy) is 1. The lowest BCUT2D eigenvalue weighted by Crippen LogP contribution is -2.51. The molecule has 1 heterocycles. The van der Waals surface area contributed by atoms with Crippen molar-refractivity contribution in [3.63, 3.8) is 0 Å². The summed E-state index contributed by atoms with van der Waals surface area (Å²) in [6, 6.07) is 15.8. The zero-order valence-electron chi connectivity index (χ0n) is 16.3. The predicted octanol–water partition coefficient (Wildman–Crippen LogP) is 2.31. The van der Waals surface area contributed by atoms with E-state index in [9.17, 15) is 14.7 Å². The van der Waals surface area contributed by atoms with Gasteiger partial charge >= 0.3 is 12.0 Å². The van der Waals surface area contributed by atoms with E-state index in [2.05, 4.69) is 16.0 Å². The van der Waals surface area contributed by atoms with Crippen LogP contribution in [0.2, 0.25) is 0 Å². The molecule has 29 heavy (non-hydrogen) atoms. The summed E-state index contributed by atoms with van der Waals surface area (Å²) in [5.74, 6) is -0.351. The lowest BCUT2D eigenvalue weighted by atomic mass is 10.1. The summed E-state index contributed by atoms with van der Waals surface area (Å²) < 4.78 is 5.75. The molecule has 1 fully saturated rings. The van der Waals surface area contributed by atoms with Crippen LogP contribution in [0.15, 0.2) is 54.6 Å². The third-order valence-corrected chi connectivity index (χ3v) is 4.89. The SMILES string of the molecule is O=C(NC1CCNCC1)N[C@@H](Cc1ccc(OCc2ccccc2)cc1)C(=O)O. The fourth-order valence-corrected chi connectivity index (χ4v) is 3.25. The van der Waals surface area contributed by atoms with E-state index in [-0.39, 0.29) is 12.5 Å². The van der Waals surface area contributed by atoms with Crippen LogP contribution in [-0.2, 0) is 17.8 Å². The third-order valence-electron chi connectivity index (χ3n) is 4.89. The Labute approximate surface area is 170 Å². The first kappa shape index (κ1) is 20.7. The second-order valence-corrected chi connectivity index (χ2v) is 7.16. The van der Waals surface area contributed by atoms with E-state index < -0.39 is 18.0 Å². The van der Waals surface area contributed by atoms with Crippen LogP contribution in [0.25, 0.3) is 0 Å². The Morgan fingerprint density at radius 1 is 1.03 bits per heavy atom. The molecule has 2 aromatic rings. The van der Waals surface area contributed by atoms with E-state index in [1.165, 1.54) is 0 Å². The molecule has 0 saturated carbocycles. The third kappa shape index (κ3) is 6.80. The predicted molar refractivity (Wildman–Crippen MR) is 110 cm³/mol. The number of carbonyl (C=O) groups excluding carboxylic acids is 1. The average molecular weight is 397 g/mol. The molecule has 0 aromatic heterocycles. The van der Waals surface area contributed by atoms with Crippen LogP contribution in [-0.4, -0.2) is 42.3 Å². The number of piperidine rings is 1. The molecule has 0 unspecified atom stereocenters. The molecule has 1 aliphatic heterocycles. The van der Waals surface area contributed by atoms with Crippen molar-refractivity contribution in [3.05, 3.63) is 65.7 Å². The number of carbonyl (C=O) groups is 2. The zero-order chi connectivity index (χ0) is 20.5. The Hall–Kier alpha value is -3.06. The first-order chi connectivity index (χ1) is 14.1. The number of carboxylic acids is 1. The van der Waals surface area contributed by atoms with Gasteiger partial charge < -0.3 is 25.8 Å². The zero-order valence-corrected chi connectivity index (χ0v) is 16.3. The van der Waals surface area contributed by atoms with Crippen molar-refractivity contribution < 1.29 is 19.4 Å². The number of urea groups is 1. The second kappa shape index (κ2) is 10.5. The fourth-order valence-electron chi connectivity index (χ4n) is 3.25. The van der Waals surface area contributed by atoms with E-state index >= 15 is 0 Å². The van der Waals surface area contributed by atoms with Gasteiger partial charge in [-0.3, -0.25) is 0 Å². The fraction of sp³-hybridized carbons (Fsp3) is 0.364. The normalized spacial score (nSPS) is 15.3. The number of hydrogen-bond donors (Lipinski definition) is 4. The quantitative estimate of drug-likeness (QED) is 0.548. The van der Waals surface area contributed by atoms with Crippen LogP contribution in [0.4, 0.5) is 4.79 Å². The van der Waals surface area contributed by atoms with Gasteiger partial charge in [-0.15, -0.1) is 0 Å². The topological polar surface area (TPSA) is 99.7 Å². The van der Waals surface area contributed by atoms with Crippen LogP contribution >= 0.6 is 0 Å². The van der Waals surface area contributed by atoms with E-state index in [4.69, 9.17) is 4.74 Å². The summed E-state index contributed by atoms with van der Waals surface area (Å²) in [4.78, 5) is 23.7. The maximum atomic E-state index is 12.2. The summed E-state index contributed by atoms with van der Waals surface area (Å²) in [6.07, 6.45) is 1.89. The highest BCUT2D eigenvalue weighted by Gasteiger charge is 2.22. The maximum absolute atomic E-state index is 12.2. The van der Waals surface area contributed by atoms with Crippen LogP contribution in [0.5, 0.6) is 5.75 Å². The van der Waals surface area contributed by atoms with Crippen LogP contribution in [0, 0.1) is 0 Å². The van der Waals surface area contributed by atoms with Crippen molar-refractivity contribution in [2.24, 2.45) is 0 Å². The molecule has 154 valence electrons. The highest BCUT2D eigenvalue weighted by Crippen LogP contribution is 2.15. The van der Waals surface area contributed by atoms with Gasteiger partial charge in [0, 0.05) is 12.5 Å². The molecular formula is C22H27N3O4. The van der Waals surface area contributed by atoms with Gasteiger partial charge in [0.25, 0.3) is 0 Å². The van der Waals surface area contributed by atoms with Gasteiger partial charge in [0.2, 0.25) is 0 Å². The summed E-state index contributed by atoms with van der Waals surface area (Å²) in [7, 11) is 0. The molecule has 0 aliphatic carbocycles. The monoisotopic (exact) mass is 397 g/mol. The maximum Gasteiger partial charge on any atom is 0.326 e. The molecule has 0 bridgehead atoms. The van der Waals surface area contributed by atoms with Gasteiger partial charge in [0.15, 0.2) is 0 Å². The van der Waals surface area contributed by atoms with Crippen molar-refractivity contribution >= 4 is 12.0 Å². The van der Waals surface area contributed by atoms with Gasteiger partial charge in [-0.2, -0.15) is 0 Å². The smallest absolute Gasteiger partial charge is 0.326 e. The number of carboxylic acid groups (broad SMARTS) is 1. The standard InChI is InChI=1S/C22H27N3O4/c26-21(27)20(25-22(28)24-18-10-12-23-13-11-18)14-16-6-8-19(9-7-16)29-15-17-4-2-1-3-5-17/h1-9,18,20,23H,10-15H2,(H,26,27)(H2,24,25,28)/t20-/m0/s1. The lowest BCUT2D eigenvalue weighted by molar-refractivity contribution is -0.139. The van der Waals surface area contributed by atoms with Crippen molar-refractivity contribution in [2.45, 2.75) is 38.0 Å². The molecule has 0 spiro atoms. The average Bonchev–Trinajstić information content (AvgIpc) is 2.74. The van der Waals surface area contributed by atoms with Crippen LogP contribution in [0.1, 0.15) is 24.0 Å². The Balaban J connectivity index is 1.50. The molecule has 2 amide bonds. The Morgan fingerprint density at radius 3 is 2.38 bits per heavy atom. The highest BCUT2D eigenvalue weighted by molar-refractivity contribution is 5.82. The molecular weight excluding hydrogens is 370 g/mol. The molecule has 1 saturated heterocycles. The Morgan fingerprint density at radius 2 is 1.72 bits per heavy atom. The number of rotatable bonds is 8. The van der Waals surface area contributed by atoms with Gasteiger partial charge in [0.1, 0.15) is 18.4 Å². The van der Waals surface area contributed by atoms with Gasteiger partial charge in [-0.1, -0.05) is 42.5 Å². The first-order valence-electron chi connectivity index (χ1n) is 9.86. The summed E-state index contributed by atoms with van der Waals surface area (Å²) in [5.41, 5.74) is 1.89. The van der Waals surface area contributed by atoms with Crippen LogP contribution in [0.3, 0.4) is 0 Å². The number of nitrogens with one attached hydrogen (secondary N) is 3. The van der Waals surface area contributed by atoms with Crippen molar-refractivity contribution in [1.29, 1.82) is 0 Å². The molecule has 7 nitrogen and oxygen atoms in total. The summed E-state index contributed by atoms with van der Waals surface area (Å²) in [5, 5.41) is 18.1. The van der Waals surface area contributed by atoms with Crippen molar-refractivity contribution in [3.8, 4) is 5.75 Å². The Kier molecular flexibility index (Phi) is 7.47. The van der Waals surface area contributed by atoms with E-state index in [0.29, 0.717) is 12.4 Å². The van der Waals surface area contributed by atoms with Crippen molar-refractivity contribution in [1.82, 2.24) is 16.0 Å². The number of benzene rings is 2. The molecule has 1 aliphatic rings. The minimum atomic E-state index is -1.06. The van der Waals surface area contributed by atoms with Gasteiger partial charge in [0.05, 0.1) is 0 Å².